The maximum atomic E-state index is 12.2. The Bertz CT molecular complexity index is 632. The van der Waals surface area contributed by atoms with Gasteiger partial charge in [0.1, 0.15) is 0 Å². The molecule has 0 saturated carbocycles. The van der Waals surface area contributed by atoms with Crippen LogP contribution in [0.3, 0.4) is 0 Å². The van der Waals surface area contributed by atoms with Crippen LogP contribution in [0.15, 0.2) is 48.8 Å². The number of carbonyl (C=O) groups is 1. The fraction of sp³-hybridized carbons (Fsp3) is 0.0667. The van der Waals surface area contributed by atoms with Crippen LogP contribution in [0.25, 0.3) is 11.6 Å². The van der Waals surface area contributed by atoms with Gasteiger partial charge in [-0.15, -0.1) is 0 Å². The fourth-order valence-corrected chi connectivity index (χ4v) is 2.17. The van der Waals surface area contributed by atoms with Crippen LogP contribution in [-0.4, -0.2) is 17.9 Å². The number of likely N-dealkylation sites (N-methyl/N-ethyl adjacent to an activating group) is 1. The van der Waals surface area contributed by atoms with Gasteiger partial charge in [-0.2, -0.15) is 0 Å². The number of nitrogens with zero attached hydrogens (tertiary/aromatic N) is 2. The standard InChI is InChI=1S/C15H12N2O/c1-17-14-7-3-2-6-12(14)13(15(17)18)9-11-5-4-8-16-10-11/h2-10H,1H3. The maximum Gasteiger partial charge on any atom is 0.258 e. The average molecular weight is 236 g/mol. The Labute approximate surface area is 105 Å². The molecule has 0 atom stereocenters. The number of para-hydroxylation sites is 1. The Hall–Kier alpha value is -2.42. The SMILES string of the molecule is CN1C(=O)C(=Cc2cccnc2)c2ccccc21. The molecule has 0 spiro atoms. The largest absolute Gasteiger partial charge is 0.311 e. The molecule has 88 valence electrons. The number of aromatic nitrogens is 1. The first kappa shape index (κ1) is 10.7. The van der Waals surface area contributed by atoms with Crippen LogP contribution in [0.1, 0.15) is 11.1 Å². The molecule has 1 amide bonds. The molecule has 0 radical (unpaired) electrons. The van der Waals surface area contributed by atoms with Crippen LogP contribution < -0.4 is 4.90 Å². The van der Waals surface area contributed by atoms with Crippen molar-refractivity contribution < 1.29 is 4.79 Å². The van der Waals surface area contributed by atoms with Gasteiger partial charge in [0.2, 0.25) is 0 Å². The number of carbonyl (C=O) groups excluding carboxylic acids is 1. The van der Waals surface area contributed by atoms with Gasteiger partial charge in [0.25, 0.3) is 5.91 Å². The van der Waals surface area contributed by atoms with Crippen LogP contribution in [0.5, 0.6) is 0 Å². The van der Waals surface area contributed by atoms with Gasteiger partial charge in [-0.25, -0.2) is 0 Å². The van der Waals surface area contributed by atoms with Crippen molar-refractivity contribution in [1.82, 2.24) is 4.98 Å². The van der Waals surface area contributed by atoms with Crippen molar-refractivity contribution >= 4 is 23.2 Å². The van der Waals surface area contributed by atoms with Gasteiger partial charge in [0, 0.05) is 30.6 Å². The summed E-state index contributed by atoms with van der Waals surface area (Å²) < 4.78 is 0. The Morgan fingerprint density at radius 3 is 2.78 bits per heavy atom. The number of anilines is 1. The van der Waals surface area contributed by atoms with E-state index < -0.39 is 0 Å². The van der Waals surface area contributed by atoms with E-state index in [1.807, 2.05) is 42.5 Å². The lowest BCUT2D eigenvalue weighted by atomic mass is 10.1. The van der Waals surface area contributed by atoms with E-state index >= 15 is 0 Å². The second-order valence-electron chi connectivity index (χ2n) is 4.23. The number of hydrogen-bond donors (Lipinski definition) is 0. The van der Waals surface area contributed by atoms with Gasteiger partial charge < -0.3 is 4.90 Å². The molecule has 2 heterocycles. The molecule has 0 fully saturated rings. The zero-order valence-electron chi connectivity index (χ0n) is 10.00. The minimum Gasteiger partial charge on any atom is -0.311 e. The highest BCUT2D eigenvalue weighted by Crippen LogP contribution is 2.36. The summed E-state index contributed by atoms with van der Waals surface area (Å²) in [4.78, 5) is 17.9. The van der Waals surface area contributed by atoms with Crippen LogP contribution in [0.4, 0.5) is 5.69 Å². The molecule has 1 aromatic carbocycles. The van der Waals surface area contributed by atoms with Crippen molar-refractivity contribution in [3.63, 3.8) is 0 Å². The average Bonchev–Trinajstić information content (AvgIpc) is 2.66. The minimum absolute atomic E-state index is 0.0278. The van der Waals surface area contributed by atoms with Crippen LogP contribution >= 0.6 is 0 Å². The van der Waals surface area contributed by atoms with E-state index in [1.54, 1.807) is 24.3 Å². The van der Waals surface area contributed by atoms with Crippen molar-refractivity contribution in [1.29, 1.82) is 0 Å². The molecular formula is C15H12N2O. The van der Waals surface area contributed by atoms with Gasteiger partial charge in [-0.1, -0.05) is 24.3 Å². The number of pyridine rings is 1. The van der Waals surface area contributed by atoms with E-state index in [2.05, 4.69) is 4.98 Å². The first-order valence-electron chi connectivity index (χ1n) is 5.76. The zero-order valence-corrected chi connectivity index (χ0v) is 10.00. The molecule has 2 aromatic rings. The molecule has 3 nitrogen and oxygen atoms in total. The first-order chi connectivity index (χ1) is 8.77. The summed E-state index contributed by atoms with van der Waals surface area (Å²) in [7, 11) is 1.80. The Morgan fingerprint density at radius 2 is 2.00 bits per heavy atom. The normalized spacial score (nSPS) is 16.2. The van der Waals surface area contributed by atoms with Gasteiger partial charge in [0.05, 0.1) is 5.69 Å². The summed E-state index contributed by atoms with van der Waals surface area (Å²) in [6, 6.07) is 11.6. The van der Waals surface area contributed by atoms with Crippen molar-refractivity contribution in [2.24, 2.45) is 0 Å². The predicted molar refractivity (Wildman–Crippen MR) is 72.0 cm³/mol. The maximum absolute atomic E-state index is 12.2. The monoisotopic (exact) mass is 236 g/mol. The first-order valence-corrected chi connectivity index (χ1v) is 5.76. The molecule has 0 N–H and O–H groups in total. The molecule has 1 aliphatic heterocycles. The highest BCUT2D eigenvalue weighted by molar-refractivity contribution is 6.35. The molecule has 3 heteroatoms. The van der Waals surface area contributed by atoms with Crippen molar-refractivity contribution in [2.75, 3.05) is 11.9 Å². The number of hydrogen-bond acceptors (Lipinski definition) is 2. The number of rotatable bonds is 1. The highest BCUT2D eigenvalue weighted by atomic mass is 16.2. The summed E-state index contributed by atoms with van der Waals surface area (Å²) in [6.07, 6.45) is 5.36. The van der Waals surface area contributed by atoms with Crippen LogP contribution in [-0.2, 0) is 4.79 Å². The molecule has 0 saturated heterocycles. The third kappa shape index (κ3) is 1.61. The molecule has 0 unspecified atom stereocenters. The molecule has 18 heavy (non-hydrogen) atoms. The molecule has 1 aliphatic rings. The lowest BCUT2D eigenvalue weighted by molar-refractivity contribution is -0.112. The van der Waals surface area contributed by atoms with Crippen LogP contribution in [0, 0.1) is 0 Å². The van der Waals surface area contributed by atoms with Crippen molar-refractivity contribution in [3.05, 3.63) is 59.9 Å². The summed E-state index contributed by atoms with van der Waals surface area (Å²) in [5.41, 5.74) is 3.60. The van der Waals surface area contributed by atoms with Gasteiger partial charge in [-0.3, -0.25) is 9.78 Å². The summed E-state index contributed by atoms with van der Waals surface area (Å²) in [5, 5.41) is 0. The molecular weight excluding hydrogens is 224 g/mol. The summed E-state index contributed by atoms with van der Waals surface area (Å²) >= 11 is 0. The second-order valence-corrected chi connectivity index (χ2v) is 4.23. The van der Waals surface area contributed by atoms with E-state index in [9.17, 15) is 4.79 Å². The van der Waals surface area contributed by atoms with Crippen molar-refractivity contribution in [3.8, 4) is 0 Å². The zero-order chi connectivity index (χ0) is 12.5. The lowest BCUT2D eigenvalue weighted by Gasteiger charge is -2.07. The van der Waals surface area contributed by atoms with Gasteiger partial charge >= 0.3 is 0 Å². The van der Waals surface area contributed by atoms with Crippen molar-refractivity contribution in [2.45, 2.75) is 0 Å². The number of benzene rings is 1. The second kappa shape index (κ2) is 4.11. The van der Waals surface area contributed by atoms with E-state index in [4.69, 9.17) is 0 Å². The summed E-state index contributed by atoms with van der Waals surface area (Å²) in [6.45, 7) is 0. The number of amides is 1. The molecule has 0 aliphatic carbocycles. The van der Waals surface area contributed by atoms with Gasteiger partial charge in [0.15, 0.2) is 0 Å². The highest BCUT2D eigenvalue weighted by Gasteiger charge is 2.28. The smallest absolute Gasteiger partial charge is 0.258 e. The van der Waals surface area contributed by atoms with E-state index in [0.717, 1.165) is 22.4 Å². The predicted octanol–water partition coefficient (Wildman–Crippen LogP) is 2.60. The van der Waals surface area contributed by atoms with E-state index in [1.165, 1.54) is 0 Å². The molecule has 3 rings (SSSR count). The van der Waals surface area contributed by atoms with Gasteiger partial charge in [-0.05, 0) is 23.8 Å². The number of fused-ring (bicyclic) bond motifs is 1. The Morgan fingerprint density at radius 1 is 1.17 bits per heavy atom. The third-order valence-electron chi connectivity index (χ3n) is 3.09. The quantitative estimate of drug-likeness (QED) is 0.713. The van der Waals surface area contributed by atoms with E-state index in [-0.39, 0.29) is 5.91 Å². The Kier molecular flexibility index (Phi) is 2.45. The minimum atomic E-state index is 0.0278. The summed E-state index contributed by atoms with van der Waals surface area (Å²) in [5.74, 6) is 0.0278. The molecule has 1 aromatic heterocycles. The topological polar surface area (TPSA) is 33.2 Å². The lowest BCUT2D eigenvalue weighted by Crippen LogP contribution is -2.20. The fourth-order valence-electron chi connectivity index (χ4n) is 2.17. The van der Waals surface area contributed by atoms with E-state index in [0.29, 0.717) is 0 Å². The van der Waals surface area contributed by atoms with Crippen LogP contribution in [0.2, 0.25) is 0 Å². The third-order valence-corrected chi connectivity index (χ3v) is 3.09. The molecule has 0 bridgehead atoms. The Balaban J connectivity index is 2.14.